The van der Waals surface area contributed by atoms with Gasteiger partial charge in [0.25, 0.3) is 11.6 Å². The first kappa shape index (κ1) is 17.3. The van der Waals surface area contributed by atoms with Crippen LogP contribution in [0.25, 0.3) is 0 Å². The van der Waals surface area contributed by atoms with Crippen molar-refractivity contribution in [2.45, 2.75) is 13.5 Å². The first-order valence-corrected chi connectivity index (χ1v) is 7.78. The van der Waals surface area contributed by atoms with Gasteiger partial charge in [-0.15, -0.1) is 0 Å². The Balaban J connectivity index is 1.81. The zero-order chi connectivity index (χ0) is 18.7. The number of rotatable bonds is 5. The molecule has 0 aliphatic rings. The van der Waals surface area contributed by atoms with Crippen LogP contribution < -0.4 is 5.32 Å². The Bertz CT molecular complexity index is 984. The maximum absolute atomic E-state index is 13.8. The van der Waals surface area contributed by atoms with Gasteiger partial charge < -0.3 is 5.32 Å². The molecule has 0 bridgehead atoms. The number of hydrogen-bond donors (Lipinski definition) is 1. The van der Waals surface area contributed by atoms with E-state index in [2.05, 4.69) is 10.4 Å². The van der Waals surface area contributed by atoms with Crippen molar-refractivity contribution in [3.63, 3.8) is 0 Å². The lowest BCUT2D eigenvalue weighted by molar-refractivity contribution is -0.385. The lowest BCUT2D eigenvalue weighted by Crippen LogP contribution is -2.14. The smallest absolute Gasteiger partial charge is 0.282 e. The van der Waals surface area contributed by atoms with Gasteiger partial charge in [-0.1, -0.05) is 30.3 Å². The molecule has 1 aromatic heterocycles. The lowest BCUT2D eigenvalue weighted by Gasteiger charge is -2.05. The monoisotopic (exact) mass is 354 g/mol. The molecule has 7 nitrogen and oxygen atoms in total. The maximum Gasteiger partial charge on any atom is 0.282 e. The standard InChI is InChI=1S/C18H15FN4O3/c1-12-10-17(21-22(12)11-13-6-2-4-8-15(13)19)20-18(24)14-7-3-5-9-16(14)23(25)26/h2-10H,11H2,1H3,(H,20,21,24). The average Bonchev–Trinajstić information content (AvgIpc) is 2.96. The minimum absolute atomic E-state index is 0.0567. The fourth-order valence-corrected chi connectivity index (χ4v) is 2.53. The van der Waals surface area contributed by atoms with Crippen molar-refractivity contribution in [1.29, 1.82) is 0 Å². The number of nitro benzene ring substituents is 1. The summed E-state index contributed by atoms with van der Waals surface area (Å²) < 4.78 is 15.3. The van der Waals surface area contributed by atoms with Crippen LogP contribution in [0, 0.1) is 22.9 Å². The summed E-state index contributed by atoms with van der Waals surface area (Å²) in [6, 6.07) is 13.6. The van der Waals surface area contributed by atoms with E-state index in [-0.39, 0.29) is 29.4 Å². The van der Waals surface area contributed by atoms with Gasteiger partial charge in [-0.3, -0.25) is 19.6 Å². The predicted octanol–water partition coefficient (Wildman–Crippen LogP) is 3.54. The number of hydrogen-bond acceptors (Lipinski definition) is 4. The highest BCUT2D eigenvalue weighted by Gasteiger charge is 2.20. The molecular formula is C18H15FN4O3. The molecule has 132 valence electrons. The molecule has 1 heterocycles. The normalized spacial score (nSPS) is 10.5. The summed E-state index contributed by atoms with van der Waals surface area (Å²) in [5.41, 5.74) is 0.840. The van der Waals surface area contributed by atoms with E-state index in [1.165, 1.54) is 24.3 Å². The summed E-state index contributed by atoms with van der Waals surface area (Å²) in [5.74, 6) is -0.734. The molecule has 3 rings (SSSR count). The maximum atomic E-state index is 13.8. The van der Waals surface area contributed by atoms with E-state index >= 15 is 0 Å². The third kappa shape index (κ3) is 3.59. The zero-order valence-electron chi connectivity index (χ0n) is 13.8. The van der Waals surface area contributed by atoms with Gasteiger partial charge >= 0.3 is 0 Å². The molecule has 0 radical (unpaired) electrons. The highest BCUT2D eigenvalue weighted by molar-refractivity contribution is 6.06. The van der Waals surface area contributed by atoms with E-state index in [0.717, 1.165) is 0 Å². The molecule has 1 amide bonds. The molecular weight excluding hydrogens is 339 g/mol. The molecule has 0 atom stereocenters. The topological polar surface area (TPSA) is 90.1 Å². The SMILES string of the molecule is Cc1cc(NC(=O)c2ccccc2[N+](=O)[O-])nn1Cc1ccccc1F. The van der Waals surface area contributed by atoms with Gasteiger partial charge in [0.2, 0.25) is 0 Å². The molecule has 8 heteroatoms. The summed E-state index contributed by atoms with van der Waals surface area (Å²) in [6.45, 7) is 1.98. The lowest BCUT2D eigenvalue weighted by atomic mass is 10.1. The second kappa shape index (κ2) is 7.14. The minimum atomic E-state index is -0.632. The first-order valence-electron chi connectivity index (χ1n) is 7.78. The quantitative estimate of drug-likeness (QED) is 0.560. The van der Waals surface area contributed by atoms with E-state index in [4.69, 9.17) is 0 Å². The van der Waals surface area contributed by atoms with Crippen LogP contribution in [-0.2, 0) is 6.54 Å². The third-order valence-corrected chi connectivity index (χ3v) is 3.85. The molecule has 0 spiro atoms. The largest absolute Gasteiger partial charge is 0.305 e. The highest BCUT2D eigenvalue weighted by Crippen LogP contribution is 2.20. The van der Waals surface area contributed by atoms with Crippen molar-refractivity contribution in [3.8, 4) is 0 Å². The van der Waals surface area contributed by atoms with Crippen molar-refractivity contribution in [3.05, 3.63) is 87.3 Å². The molecule has 0 aliphatic carbocycles. The van der Waals surface area contributed by atoms with Crippen LogP contribution in [0.15, 0.2) is 54.6 Å². The number of nitrogens with one attached hydrogen (secondary N) is 1. The van der Waals surface area contributed by atoms with Crippen molar-refractivity contribution in [1.82, 2.24) is 9.78 Å². The van der Waals surface area contributed by atoms with Crippen molar-refractivity contribution in [2.75, 3.05) is 5.32 Å². The van der Waals surface area contributed by atoms with E-state index in [9.17, 15) is 19.3 Å². The van der Waals surface area contributed by atoms with E-state index in [1.807, 2.05) is 0 Å². The zero-order valence-corrected chi connectivity index (χ0v) is 13.8. The Kier molecular flexibility index (Phi) is 4.74. The van der Waals surface area contributed by atoms with Crippen LogP contribution in [0.4, 0.5) is 15.9 Å². The van der Waals surface area contributed by atoms with Crippen LogP contribution in [0.5, 0.6) is 0 Å². The van der Waals surface area contributed by atoms with Gasteiger partial charge in [-0.25, -0.2) is 4.39 Å². The molecule has 0 aliphatic heterocycles. The minimum Gasteiger partial charge on any atom is -0.305 e. The van der Waals surface area contributed by atoms with Crippen LogP contribution in [0.2, 0.25) is 0 Å². The predicted molar refractivity (Wildman–Crippen MR) is 93.5 cm³/mol. The van der Waals surface area contributed by atoms with Crippen molar-refractivity contribution < 1.29 is 14.1 Å². The number of aromatic nitrogens is 2. The second-order valence-electron chi connectivity index (χ2n) is 5.65. The number of carbonyl (C=O) groups excluding carboxylic acids is 1. The number of nitro groups is 1. The molecule has 26 heavy (non-hydrogen) atoms. The van der Waals surface area contributed by atoms with E-state index < -0.39 is 10.8 Å². The Morgan fingerprint density at radius 3 is 2.65 bits per heavy atom. The Labute approximate surface area is 148 Å². The average molecular weight is 354 g/mol. The fourth-order valence-electron chi connectivity index (χ4n) is 2.53. The summed E-state index contributed by atoms with van der Waals surface area (Å²) in [6.07, 6.45) is 0. The highest BCUT2D eigenvalue weighted by atomic mass is 19.1. The summed E-state index contributed by atoms with van der Waals surface area (Å²) in [4.78, 5) is 22.8. The van der Waals surface area contributed by atoms with E-state index in [1.54, 1.807) is 41.9 Å². The summed E-state index contributed by atoms with van der Waals surface area (Å²) >= 11 is 0. The number of para-hydroxylation sites is 1. The number of benzene rings is 2. The Morgan fingerprint density at radius 2 is 1.92 bits per heavy atom. The van der Waals surface area contributed by atoms with Crippen LogP contribution in [0.3, 0.4) is 0 Å². The number of anilines is 1. The first-order chi connectivity index (χ1) is 12.5. The molecule has 0 saturated heterocycles. The second-order valence-corrected chi connectivity index (χ2v) is 5.65. The van der Waals surface area contributed by atoms with Crippen molar-refractivity contribution >= 4 is 17.4 Å². The van der Waals surface area contributed by atoms with Gasteiger partial charge in [0.15, 0.2) is 5.82 Å². The molecule has 1 N–H and O–H groups in total. The van der Waals surface area contributed by atoms with Crippen LogP contribution >= 0.6 is 0 Å². The molecule has 3 aromatic rings. The summed E-state index contributed by atoms with van der Waals surface area (Å²) in [7, 11) is 0. The summed E-state index contributed by atoms with van der Waals surface area (Å²) in [5, 5.41) is 17.8. The molecule has 0 saturated carbocycles. The van der Waals surface area contributed by atoms with Gasteiger partial charge in [-0.05, 0) is 19.1 Å². The van der Waals surface area contributed by atoms with Gasteiger partial charge in [0, 0.05) is 23.4 Å². The van der Waals surface area contributed by atoms with Crippen molar-refractivity contribution in [2.24, 2.45) is 0 Å². The van der Waals surface area contributed by atoms with E-state index in [0.29, 0.717) is 11.3 Å². The molecule has 0 unspecified atom stereocenters. The number of amides is 1. The van der Waals surface area contributed by atoms with Crippen LogP contribution in [-0.4, -0.2) is 20.6 Å². The Hall–Kier alpha value is -3.55. The Morgan fingerprint density at radius 1 is 1.23 bits per heavy atom. The van der Waals surface area contributed by atoms with Crippen LogP contribution in [0.1, 0.15) is 21.6 Å². The molecule has 2 aromatic carbocycles. The van der Waals surface area contributed by atoms with Gasteiger partial charge in [0.1, 0.15) is 11.4 Å². The number of halogens is 1. The number of carbonyl (C=O) groups is 1. The fraction of sp³-hybridized carbons (Fsp3) is 0.111. The van der Waals surface area contributed by atoms with Gasteiger partial charge in [0.05, 0.1) is 11.5 Å². The third-order valence-electron chi connectivity index (χ3n) is 3.85. The number of aryl methyl sites for hydroxylation is 1. The number of nitrogens with zero attached hydrogens (tertiary/aromatic N) is 3. The van der Waals surface area contributed by atoms with Gasteiger partial charge in [-0.2, -0.15) is 5.10 Å². The molecule has 0 fully saturated rings.